The molecule has 0 saturated heterocycles. The first kappa shape index (κ1) is 20.7. The van der Waals surface area contributed by atoms with Gasteiger partial charge in [-0.05, 0) is 42.3 Å². The van der Waals surface area contributed by atoms with E-state index in [0.717, 1.165) is 33.9 Å². The number of aliphatic carboxylic acids is 1. The molecule has 0 aliphatic heterocycles. The van der Waals surface area contributed by atoms with Crippen LogP contribution in [0.15, 0.2) is 72.6 Å². The lowest BCUT2D eigenvalue weighted by atomic mass is 9.89. The summed E-state index contributed by atoms with van der Waals surface area (Å²) >= 11 is 1.06. The van der Waals surface area contributed by atoms with Gasteiger partial charge < -0.3 is 10.1 Å². The first-order valence-corrected chi connectivity index (χ1v) is 10.9. The van der Waals surface area contributed by atoms with E-state index in [1.54, 1.807) is 36.7 Å². The van der Waals surface area contributed by atoms with Crippen LogP contribution in [0.2, 0.25) is 0 Å². The number of nitrogens with one attached hydrogen (secondary N) is 1. The van der Waals surface area contributed by atoms with Crippen molar-refractivity contribution in [3.05, 3.63) is 94.8 Å². The van der Waals surface area contributed by atoms with Gasteiger partial charge in [-0.3, -0.25) is 4.79 Å². The van der Waals surface area contributed by atoms with Crippen molar-refractivity contribution < 1.29 is 14.7 Å². The van der Waals surface area contributed by atoms with Gasteiger partial charge in [0.15, 0.2) is 5.78 Å². The Morgan fingerprint density at radius 2 is 1.64 bits per heavy atom. The molecule has 0 amide bonds. The van der Waals surface area contributed by atoms with Crippen LogP contribution in [0.4, 0.5) is 0 Å². The molecule has 2 aromatic heterocycles. The normalized spacial score (nSPS) is 12.2. The zero-order valence-electron chi connectivity index (χ0n) is 17.6. The number of Topliss-reactive ketones (excluding diaryl/α,β-unsaturated/α-hetero) is 1. The number of hydrogen-bond acceptors (Lipinski definition) is 6. The maximum absolute atomic E-state index is 13.6. The second kappa shape index (κ2) is 8.40. The molecule has 0 radical (unpaired) electrons. The van der Waals surface area contributed by atoms with Crippen LogP contribution in [0.3, 0.4) is 0 Å². The number of carbonyl (C=O) groups is 2. The number of rotatable bonds is 6. The standard InChI is InChI=1S/C25H18N4O3S/c1-14-2-5-16(6-3-14)24(30)18(10-15-4-8-19-21(11-15)27-13-26-19)23(25(31)32)17-7-9-20-22(12-17)29-33-28-20/h2-9,11-13H,10H2,1H3,(H,26,27)(H,31,32). The summed E-state index contributed by atoms with van der Waals surface area (Å²) in [6.45, 7) is 1.93. The van der Waals surface area contributed by atoms with Crippen molar-refractivity contribution in [1.82, 2.24) is 18.7 Å². The molecule has 0 saturated carbocycles. The summed E-state index contributed by atoms with van der Waals surface area (Å²) in [5.41, 5.74) is 5.73. The highest BCUT2D eigenvalue weighted by Gasteiger charge is 2.24. The van der Waals surface area contributed by atoms with Gasteiger partial charge in [-0.2, -0.15) is 8.75 Å². The van der Waals surface area contributed by atoms with E-state index in [2.05, 4.69) is 18.7 Å². The minimum Gasteiger partial charge on any atom is -0.478 e. The summed E-state index contributed by atoms with van der Waals surface area (Å²) in [6.07, 6.45) is 1.75. The number of allylic oxidation sites excluding steroid dienone is 1. The molecule has 162 valence electrons. The van der Waals surface area contributed by atoms with Gasteiger partial charge in [0.05, 0.1) is 34.7 Å². The lowest BCUT2D eigenvalue weighted by Crippen LogP contribution is -2.14. The van der Waals surface area contributed by atoms with Crippen molar-refractivity contribution in [2.24, 2.45) is 0 Å². The number of nitrogens with zero attached hydrogens (tertiary/aromatic N) is 3. The molecule has 0 atom stereocenters. The van der Waals surface area contributed by atoms with E-state index >= 15 is 0 Å². The average molecular weight is 455 g/mol. The van der Waals surface area contributed by atoms with Crippen molar-refractivity contribution in [2.45, 2.75) is 13.3 Å². The number of carboxylic acids is 1. The number of H-pyrrole nitrogens is 1. The number of aryl methyl sites for hydroxylation is 1. The van der Waals surface area contributed by atoms with Crippen LogP contribution in [-0.4, -0.2) is 35.6 Å². The van der Waals surface area contributed by atoms with Crippen molar-refractivity contribution in [1.29, 1.82) is 0 Å². The van der Waals surface area contributed by atoms with Crippen LogP contribution in [0.25, 0.3) is 27.6 Å². The second-order valence-corrected chi connectivity index (χ2v) is 8.28. The van der Waals surface area contributed by atoms with Crippen molar-refractivity contribution in [3.63, 3.8) is 0 Å². The lowest BCUT2D eigenvalue weighted by Gasteiger charge is -2.13. The number of carbonyl (C=O) groups excluding carboxylic acids is 1. The van der Waals surface area contributed by atoms with Crippen LogP contribution in [-0.2, 0) is 11.2 Å². The maximum Gasteiger partial charge on any atom is 0.336 e. The zero-order chi connectivity index (χ0) is 22.9. The van der Waals surface area contributed by atoms with Crippen LogP contribution in [0.1, 0.15) is 27.0 Å². The van der Waals surface area contributed by atoms with E-state index in [9.17, 15) is 14.7 Å². The van der Waals surface area contributed by atoms with E-state index in [1.807, 2.05) is 37.3 Å². The van der Waals surface area contributed by atoms with E-state index < -0.39 is 5.97 Å². The molecule has 2 N–H and O–H groups in total. The van der Waals surface area contributed by atoms with Gasteiger partial charge in [0.2, 0.25) is 0 Å². The van der Waals surface area contributed by atoms with Gasteiger partial charge in [0.1, 0.15) is 11.0 Å². The maximum atomic E-state index is 13.6. The molecular formula is C25H18N4O3S. The fourth-order valence-corrected chi connectivity index (χ4v) is 4.34. The van der Waals surface area contributed by atoms with Crippen molar-refractivity contribution in [2.75, 3.05) is 0 Å². The Morgan fingerprint density at radius 1 is 0.909 bits per heavy atom. The molecule has 33 heavy (non-hydrogen) atoms. The molecule has 0 fully saturated rings. The van der Waals surface area contributed by atoms with E-state index in [0.29, 0.717) is 22.2 Å². The molecule has 0 spiro atoms. The average Bonchev–Trinajstić information content (AvgIpc) is 3.47. The number of aromatic nitrogens is 4. The van der Waals surface area contributed by atoms with E-state index in [4.69, 9.17) is 0 Å². The first-order valence-electron chi connectivity index (χ1n) is 10.2. The number of fused-ring (bicyclic) bond motifs is 2. The van der Waals surface area contributed by atoms with Gasteiger partial charge in [0.25, 0.3) is 0 Å². The summed E-state index contributed by atoms with van der Waals surface area (Å²) in [7, 11) is 0. The Bertz CT molecular complexity index is 1550. The highest BCUT2D eigenvalue weighted by molar-refractivity contribution is 7.00. The predicted molar refractivity (Wildman–Crippen MR) is 127 cm³/mol. The minimum atomic E-state index is -1.17. The van der Waals surface area contributed by atoms with Gasteiger partial charge in [-0.15, -0.1) is 0 Å². The number of aromatic amines is 1. The summed E-state index contributed by atoms with van der Waals surface area (Å²) < 4.78 is 8.41. The Morgan fingerprint density at radius 3 is 2.42 bits per heavy atom. The molecule has 7 nitrogen and oxygen atoms in total. The Labute approximate surface area is 192 Å². The second-order valence-electron chi connectivity index (χ2n) is 7.75. The Kier molecular flexibility index (Phi) is 5.27. The van der Waals surface area contributed by atoms with Crippen molar-refractivity contribution >= 4 is 51.1 Å². The molecule has 0 aliphatic carbocycles. The molecular weight excluding hydrogens is 436 g/mol. The van der Waals surface area contributed by atoms with E-state index in [1.165, 1.54) is 0 Å². The smallest absolute Gasteiger partial charge is 0.336 e. The molecule has 0 unspecified atom stereocenters. The quantitative estimate of drug-likeness (QED) is 0.281. The van der Waals surface area contributed by atoms with E-state index in [-0.39, 0.29) is 23.4 Å². The third-order valence-electron chi connectivity index (χ3n) is 5.51. The van der Waals surface area contributed by atoms with Gasteiger partial charge in [-0.25, -0.2) is 9.78 Å². The highest BCUT2D eigenvalue weighted by Crippen LogP contribution is 2.28. The predicted octanol–water partition coefficient (Wildman–Crippen LogP) is 4.84. The van der Waals surface area contributed by atoms with Gasteiger partial charge in [-0.1, -0.05) is 42.0 Å². The van der Waals surface area contributed by atoms with Crippen LogP contribution in [0.5, 0.6) is 0 Å². The number of benzene rings is 3. The number of hydrogen-bond donors (Lipinski definition) is 2. The largest absolute Gasteiger partial charge is 0.478 e. The summed E-state index contributed by atoms with van der Waals surface area (Å²) in [4.78, 5) is 33.4. The van der Waals surface area contributed by atoms with Gasteiger partial charge >= 0.3 is 5.97 Å². The summed E-state index contributed by atoms with van der Waals surface area (Å²) in [6, 6.07) is 17.8. The lowest BCUT2D eigenvalue weighted by molar-refractivity contribution is -0.130. The van der Waals surface area contributed by atoms with Crippen LogP contribution >= 0.6 is 11.7 Å². The zero-order valence-corrected chi connectivity index (χ0v) is 18.4. The summed E-state index contributed by atoms with van der Waals surface area (Å²) in [5.74, 6) is -1.50. The number of imidazole rings is 1. The fraction of sp³-hybridized carbons (Fsp3) is 0.0800. The van der Waals surface area contributed by atoms with Crippen molar-refractivity contribution in [3.8, 4) is 0 Å². The number of ketones is 1. The highest BCUT2D eigenvalue weighted by atomic mass is 32.1. The molecule has 0 aliphatic rings. The molecule has 5 rings (SSSR count). The third-order valence-corrected chi connectivity index (χ3v) is 6.07. The first-order chi connectivity index (χ1) is 16.0. The monoisotopic (exact) mass is 454 g/mol. The molecule has 8 heteroatoms. The Hall–Kier alpha value is -4.17. The fourth-order valence-electron chi connectivity index (χ4n) is 3.82. The molecule has 3 aromatic carbocycles. The topological polar surface area (TPSA) is 109 Å². The van der Waals surface area contributed by atoms with Crippen LogP contribution < -0.4 is 0 Å². The molecule has 0 bridgehead atoms. The van der Waals surface area contributed by atoms with Crippen LogP contribution in [0, 0.1) is 6.92 Å². The number of carboxylic acid groups (broad SMARTS) is 1. The minimum absolute atomic E-state index is 0.0415. The molecule has 5 aromatic rings. The Balaban J connectivity index is 1.69. The van der Waals surface area contributed by atoms with Gasteiger partial charge in [0, 0.05) is 17.6 Å². The summed E-state index contributed by atoms with van der Waals surface area (Å²) in [5, 5.41) is 10.2. The third kappa shape index (κ3) is 4.04. The SMILES string of the molecule is Cc1ccc(C(=O)C(Cc2ccc3nc[nH]c3c2)=C(C(=O)O)c2ccc3nsnc3c2)cc1. The molecule has 2 heterocycles.